The molecule has 1 aromatic heterocycles. The molecule has 194 valence electrons. The van der Waals surface area contributed by atoms with Gasteiger partial charge in [-0.05, 0) is 74.9 Å². The summed E-state index contributed by atoms with van der Waals surface area (Å²) in [6, 6.07) is 18.6. The number of hydrogen-bond donors (Lipinski definition) is 2. The van der Waals surface area contributed by atoms with Crippen molar-refractivity contribution in [1.82, 2.24) is 9.97 Å². The van der Waals surface area contributed by atoms with Gasteiger partial charge in [-0.3, -0.25) is 0 Å². The fraction of sp³-hybridized carbons (Fsp3) is 0.345. The molecule has 1 saturated carbocycles. The van der Waals surface area contributed by atoms with Crippen LogP contribution in [0.25, 0.3) is 22.2 Å². The zero-order chi connectivity index (χ0) is 26.2. The summed E-state index contributed by atoms with van der Waals surface area (Å²) in [5.41, 5.74) is 4.15. The Morgan fingerprint density at radius 3 is 2.49 bits per heavy atom. The fourth-order valence-corrected chi connectivity index (χ4v) is 6.62. The second-order valence-corrected chi connectivity index (χ2v) is 12.4. The van der Waals surface area contributed by atoms with E-state index in [1.165, 1.54) is 0 Å². The minimum atomic E-state index is -3.28. The summed E-state index contributed by atoms with van der Waals surface area (Å²) in [4.78, 5) is 8.57. The van der Waals surface area contributed by atoms with Crippen LogP contribution in [-0.4, -0.2) is 42.0 Å². The van der Waals surface area contributed by atoms with E-state index in [0.717, 1.165) is 46.3 Å². The molecule has 6 nitrogen and oxygen atoms in total. The Labute approximate surface area is 222 Å². The molecule has 0 bridgehead atoms. The van der Waals surface area contributed by atoms with Crippen LogP contribution in [0.1, 0.15) is 50.4 Å². The van der Waals surface area contributed by atoms with E-state index >= 15 is 0 Å². The fourth-order valence-electron chi connectivity index (χ4n) is 4.66. The lowest BCUT2D eigenvalue weighted by molar-refractivity contribution is 0.243. The van der Waals surface area contributed by atoms with Crippen LogP contribution in [0, 0.1) is 5.92 Å². The number of fused-ring (bicyclic) bond motifs is 1. The highest BCUT2D eigenvalue weighted by Gasteiger charge is 2.29. The highest BCUT2D eigenvalue weighted by Crippen LogP contribution is 2.38. The number of aromatic amines is 1. The van der Waals surface area contributed by atoms with Crippen molar-refractivity contribution in [3.8, 4) is 16.9 Å². The number of rotatable bonds is 10. The van der Waals surface area contributed by atoms with E-state index in [1.807, 2.05) is 62.4 Å². The van der Waals surface area contributed by atoms with Gasteiger partial charge in [0.25, 0.3) is 0 Å². The molecule has 3 aromatic carbocycles. The predicted molar refractivity (Wildman–Crippen MR) is 147 cm³/mol. The number of aliphatic hydroxyl groups is 1. The Bertz CT molecular complexity index is 1510. The van der Waals surface area contributed by atoms with E-state index in [9.17, 15) is 13.5 Å². The lowest BCUT2D eigenvalue weighted by Crippen LogP contribution is -2.10. The Kier molecular flexibility index (Phi) is 7.30. The van der Waals surface area contributed by atoms with Crippen molar-refractivity contribution in [3.05, 3.63) is 77.1 Å². The van der Waals surface area contributed by atoms with Gasteiger partial charge in [0.15, 0.2) is 9.84 Å². The van der Waals surface area contributed by atoms with E-state index < -0.39 is 9.84 Å². The minimum Gasteiger partial charge on any atom is -0.490 e. The summed E-state index contributed by atoms with van der Waals surface area (Å²) >= 11 is 6.71. The second kappa shape index (κ2) is 10.5. The molecule has 1 atom stereocenters. The largest absolute Gasteiger partial charge is 0.490 e. The van der Waals surface area contributed by atoms with E-state index in [1.54, 1.807) is 12.1 Å². The number of benzene rings is 3. The van der Waals surface area contributed by atoms with E-state index in [-0.39, 0.29) is 24.4 Å². The van der Waals surface area contributed by atoms with Gasteiger partial charge in [0.2, 0.25) is 0 Å². The predicted octanol–water partition coefficient (Wildman–Crippen LogP) is 6.37. The number of nitrogens with one attached hydrogen (secondary N) is 1. The summed E-state index contributed by atoms with van der Waals surface area (Å²) in [5, 5.41) is 10.4. The Balaban J connectivity index is 1.49. The summed E-state index contributed by atoms with van der Waals surface area (Å²) in [6.45, 7) is 3.94. The molecule has 2 N–H and O–H groups in total. The van der Waals surface area contributed by atoms with Gasteiger partial charge in [0.1, 0.15) is 11.6 Å². The molecule has 5 rings (SSSR count). The molecule has 0 aliphatic heterocycles. The van der Waals surface area contributed by atoms with Crippen molar-refractivity contribution < 1.29 is 18.3 Å². The van der Waals surface area contributed by atoms with Gasteiger partial charge < -0.3 is 14.8 Å². The van der Waals surface area contributed by atoms with Crippen molar-refractivity contribution in [2.24, 2.45) is 5.92 Å². The molecule has 0 amide bonds. The molecule has 1 aliphatic rings. The molecule has 0 saturated heterocycles. The van der Waals surface area contributed by atoms with Crippen molar-refractivity contribution in [3.63, 3.8) is 0 Å². The maximum Gasteiger partial charge on any atom is 0.178 e. The van der Waals surface area contributed by atoms with Crippen LogP contribution in [-0.2, 0) is 9.84 Å². The second-order valence-electron chi connectivity index (χ2n) is 9.99. The molecule has 1 aliphatic carbocycles. The average molecular weight is 539 g/mol. The first kappa shape index (κ1) is 25.8. The normalized spacial score (nSPS) is 14.8. The number of para-hydroxylation sites is 1. The third-order valence-corrected chi connectivity index (χ3v) is 8.88. The number of H-pyrrole nitrogens is 1. The minimum absolute atomic E-state index is 0.0231. The number of hydrogen-bond acceptors (Lipinski definition) is 5. The SMILES string of the molecule is CC(C)Oc1ccccc1-c1cc2nc([C@H](CCO)c3ccc(S(=O)(=O)CC4CC4)cc3)[nH]c2cc1Cl. The molecule has 0 unspecified atom stereocenters. The van der Waals surface area contributed by atoms with Gasteiger partial charge in [-0.1, -0.05) is 41.9 Å². The Morgan fingerprint density at radius 1 is 1.08 bits per heavy atom. The van der Waals surface area contributed by atoms with Crippen molar-refractivity contribution in [2.45, 2.75) is 50.0 Å². The molecule has 1 fully saturated rings. The molecule has 4 aromatic rings. The number of imidazole rings is 1. The van der Waals surface area contributed by atoms with Crippen LogP contribution in [0.15, 0.2) is 65.6 Å². The smallest absolute Gasteiger partial charge is 0.178 e. The van der Waals surface area contributed by atoms with Gasteiger partial charge in [-0.2, -0.15) is 0 Å². The molecule has 0 radical (unpaired) electrons. The summed E-state index contributed by atoms with van der Waals surface area (Å²) in [6.07, 6.45) is 2.45. The van der Waals surface area contributed by atoms with Crippen molar-refractivity contribution in [2.75, 3.05) is 12.4 Å². The lowest BCUT2D eigenvalue weighted by atomic mass is 9.95. The third-order valence-electron chi connectivity index (χ3n) is 6.67. The zero-order valence-electron chi connectivity index (χ0n) is 20.9. The third kappa shape index (κ3) is 5.69. The van der Waals surface area contributed by atoms with Gasteiger partial charge in [0.05, 0.1) is 32.8 Å². The number of aliphatic hydroxyl groups excluding tert-OH is 1. The molecule has 8 heteroatoms. The molecule has 37 heavy (non-hydrogen) atoms. The highest BCUT2D eigenvalue weighted by atomic mass is 35.5. The summed E-state index contributed by atoms with van der Waals surface area (Å²) < 4.78 is 31.3. The standard InChI is InChI=1S/C29H31ClN2O4S/c1-18(2)36-28-6-4-3-5-23(28)24-15-26-27(16-25(24)30)32-29(31-26)22(13-14-33)20-9-11-21(12-10-20)37(34,35)17-19-7-8-19/h3-6,9-12,15-16,18-19,22,33H,7-8,13-14,17H2,1-2H3,(H,31,32)/t22-/m1/s1. The Hall–Kier alpha value is -2.87. The topological polar surface area (TPSA) is 92.3 Å². The van der Waals surface area contributed by atoms with Gasteiger partial charge >= 0.3 is 0 Å². The van der Waals surface area contributed by atoms with Crippen LogP contribution < -0.4 is 4.74 Å². The number of nitrogens with zero attached hydrogens (tertiary/aromatic N) is 1. The first-order valence-electron chi connectivity index (χ1n) is 12.6. The molecule has 1 heterocycles. The van der Waals surface area contributed by atoms with Gasteiger partial charge in [0, 0.05) is 23.7 Å². The molecule has 0 spiro atoms. The van der Waals surface area contributed by atoms with E-state index in [4.69, 9.17) is 21.3 Å². The summed E-state index contributed by atoms with van der Waals surface area (Å²) in [5.74, 6) is 1.73. The van der Waals surface area contributed by atoms with Gasteiger partial charge in [-0.15, -0.1) is 0 Å². The lowest BCUT2D eigenvalue weighted by Gasteiger charge is -2.15. The Morgan fingerprint density at radius 2 is 1.81 bits per heavy atom. The average Bonchev–Trinajstić information content (AvgIpc) is 3.57. The molecular weight excluding hydrogens is 508 g/mol. The molecular formula is C29H31ClN2O4S. The number of sulfone groups is 1. The quantitative estimate of drug-likeness (QED) is 0.245. The van der Waals surface area contributed by atoms with Crippen LogP contribution in [0.4, 0.5) is 0 Å². The number of aromatic nitrogens is 2. The number of halogens is 1. The van der Waals surface area contributed by atoms with Crippen LogP contribution in [0.3, 0.4) is 0 Å². The van der Waals surface area contributed by atoms with Crippen molar-refractivity contribution >= 4 is 32.5 Å². The first-order chi connectivity index (χ1) is 17.7. The van der Waals surface area contributed by atoms with Gasteiger partial charge in [-0.25, -0.2) is 13.4 Å². The van der Waals surface area contributed by atoms with Crippen molar-refractivity contribution in [1.29, 1.82) is 0 Å². The number of ether oxygens (including phenoxy) is 1. The summed E-state index contributed by atoms with van der Waals surface area (Å²) in [7, 11) is -3.28. The van der Waals surface area contributed by atoms with Crippen LogP contribution in [0.5, 0.6) is 5.75 Å². The van der Waals surface area contributed by atoms with Crippen LogP contribution >= 0.6 is 11.6 Å². The first-order valence-corrected chi connectivity index (χ1v) is 14.7. The zero-order valence-corrected chi connectivity index (χ0v) is 22.5. The van der Waals surface area contributed by atoms with E-state index in [2.05, 4.69) is 4.98 Å². The maximum absolute atomic E-state index is 12.7. The monoisotopic (exact) mass is 538 g/mol. The highest BCUT2D eigenvalue weighted by molar-refractivity contribution is 7.91. The maximum atomic E-state index is 12.7. The van der Waals surface area contributed by atoms with E-state index in [0.29, 0.717) is 28.1 Å². The van der Waals surface area contributed by atoms with Crippen LogP contribution in [0.2, 0.25) is 5.02 Å².